The summed E-state index contributed by atoms with van der Waals surface area (Å²) in [6.45, 7) is 4.69. The Labute approximate surface area is 203 Å². The first-order valence-electron chi connectivity index (χ1n) is 11.6. The van der Waals surface area contributed by atoms with E-state index in [9.17, 15) is 9.50 Å². The van der Waals surface area contributed by atoms with Gasteiger partial charge in [0.25, 0.3) is 0 Å². The van der Waals surface area contributed by atoms with E-state index in [0.717, 1.165) is 53.2 Å². The standard InChI is InChI=1S/C28H26FN3O3/c1-18-25-12-23(33)6-9-26(25)35-28(27(18)21-2-5-22(14-30)31-15-21)20-3-7-24(8-4-20)34-11-10-32-16-19(13-29)17-32/h2-9,12,15,19,28,33H,10-11,13,16-17H2,1H3. The minimum atomic E-state index is -0.394. The number of hydrogen-bond acceptors (Lipinski definition) is 6. The predicted octanol–water partition coefficient (Wildman–Crippen LogP) is 5.00. The fourth-order valence-corrected chi connectivity index (χ4v) is 4.65. The van der Waals surface area contributed by atoms with Gasteiger partial charge >= 0.3 is 0 Å². The van der Waals surface area contributed by atoms with E-state index in [-0.39, 0.29) is 18.3 Å². The van der Waals surface area contributed by atoms with Crippen molar-refractivity contribution in [2.75, 3.05) is 32.9 Å². The third-order valence-electron chi connectivity index (χ3n) is 6.58. The number of phenols is 1. The third kappa shape index (κ3) is 4.71. The van der Waals surface area contributed by atoms with E-state index < -0.39 is 6.10 Å². The van der Waals surface area contributed by atoms with Gasteiger partial charge in [-0.15, -0.1) is 0 Å². The van der Waals surface area contributed by atoms with Crippen LogP contribution in [-0.4, -0.2) is 47.9 Å². The molecule has 2 aliphatic heterocycles. The normalized spacial score (nSPS) is 17.8. The van der Waals surface area contributed by atoms with Gasteiger partial charge in [0.15, 0.2) is 0 Å². The fourth-order valence-electron chi connectivity index (χ4n) is 4.65. The number of allylic oxidation sites excluding steroid dienone is 1. The Hall–Kier alpha value is -3.89. The first kappa shape index (κ1) is 22.9. The van der Waals surface area contributed by atoms with Gasteiger partial charge in [-0.1, -0.05) is 18.2 Å². The summed E-state index contributed by atoms with van der Waals surface area (Å²) in [4.78, 5) is 6.44. The smallest absolute Gasteiger partial charge is 0.150 e. The molecule has 2 aromatic carbocycles. The molecule has 2 aliphatic rings. The maximum Gasteiger partial charge on any atom is 0.150 e. The lowest BCUT2D eigenvalue weighted by molar-refractivity contribution is 0.0668. The van der Waals surface area contributed by atoms with E-state index in [4.69, 9.17) is 14.7 Å². The average Bonchev–Trinajstić information content (AvgIpc) is 2.86. The van der Waals surface area contributed by atoms with Gasteiger partial charge in [-0.05, 0) is 54.5 Å². The number of nitriles is 1. The quantitative estimate of drug-likeness (QED) is 0.522. The lowest BCUT2D eigenvalue weighted by atomic mass is 9.86. The van der Waals surface area contributed by atoms with E-state index in [1.54, 1.807) is 30.5 Å². The average molecular weight is 472 g/mol. The van der Waals surface area contributed by atoms with Crippen LogP contribution < -0.4 is 9.47 Å². The van der Waals surface area contributed by atoms with Crippen LogP contribution in [0, 0.1) is 17.2 Å². The Bertz CT molecular complexity index is 1280. The SMILES string of the molecule is CC1=C(c2ccc(C#N)nc2)C(c2ccc(OCCN3CC(CF)C3)cc2)Oc2ccc(O)cc21. The molecule has 0 amide bonds. The molecule has 1 atom stereocenters. The Kier molecular flexibility index (Phi) is 6.39. The van der Waals surface area contributed by atoms with Gasteiger partial charge < -0.3 is 14.6 Å². The number of ether oxygens (including phenoxy) is 2. The largest absolute Gasteiger partial charge is 0.508 e. The van der Waals surface area contributed by atoms with Crippen molar-refractivity contribution in [3.8, 4) is 23.3 Å². The van der Waals surface area contributed by atoms with Crippen LogP contribution in [0.5, 0.6) is 17.2 Å². The van der Waals surface area contributed by atoms with E-state index >= 15 is 0 Å². The van der Waals surface area contributed by atoms with Crippen LogP contribution in [0.3, 0.4) is 0 Å². The molecule has 5 rings (SSSR count). The maximum atomic E-state index is 12.6. The molecule has 1 aromatic heterocycles. The zero-order valence-electron chi connectivity index (χ0n) is 19.4. The minimum absolute atomic E-state index is 0.169. The van der Waals surface area contributed by atoms with Crippen molar-refractivity contribution in [3.63, 3.8) is 0 Å². The van der Waals surface area contributed by atoms with Crippen molar-refractivity contribution in [2.24, 2.45) is 5.92 Å². The van der Waals surface area contributed by atoms with Gasteiger partial charge in [0, 0.05) is 48.4 Å². The number of nitrogens with zero attached hydrogens (tertiary/aromatic N) is 3. The van der Waals surface area contributed by atoms with Crippen LogP contribution >= 0.6 is 0 Å². The highest BCUT2D eigenvalue weighted by molar-refractivity contribution is 5.95. The van der Waals surface area contributed by atoms with Gasteiger partial charge in [-0.25, -0.2) is 4.98 Å². The Balaban J connectivity index is 1.38. The number of rotatable bonds is 7. The molecule has 1 N–H and O–H groups in total. The van der Waals surface area contributed by atoms with E-state index in [1.807, 2.05) is 37.3 Å². The molecule has 1 fully saturated rings. The zero-order valence-corrected chi connectivity index (χ0v) is 19.4. The number of aromatic hydroxyl groups is 1. The second-order valence-electron chi connectivity index (χ2n) is 8.96. The highest BCUT2D eigenvalue weighted by Gasteiger charge is 2.30. The number of pyridine rings is 1. The highest BCUT2D eigenvalue weighted by atomic mass is 19.1. The molecule has 0 radical (unpaired) electrons. The summed E-state index contributed by atoms with van der Waals surface area (Å²) >= 11 is 0. The monoisotopic (exact) mass is 471 g/mol. The number of benzene rings is 2. The van der Waals surface area contributed by atoms with Crippen molar-refractivity contribution in [1.29, 1.82) is 5.26 Å². The molecule has 1 unspecified atom stereocenters. The molecule has 6 nitrogen and oxygen atoms in total. The number of fused-ring (bicyclic) bond motifs is 1. The molecular formula is C28H26FN3O3. The molecule has 0 aliphatic carbocycles. The summed E-state index contributed by atoms with van der Waals surface area (Å²) in [5.41, 5.74) is 4.86. The summed E-state index contributed by atoms with van der Waals surface area (Å²) in [6, 6.07) is 18.5. The predicted molar refractivity (Wildman–Crippen MR) is 131 cm³/mol. The van der Waals surface area contributed by atoms with Crippen molar-refractivity contribution in [2.45, 2.75) is 13.0 Å². The zero-order chi connectivity index (χ0) is 24.4. The van der Waals surface area contributed by atoms with Crippen LogP contribution in [0.4, 0.5) is 4.39 Å². The molecule has 3 aromatic rings. The van der Waals surface area contributed by atoms with Gasteiger partial charge in [-0.3, -0.25) is 9.29 Å². The van der Waals surface area contributed by atoms with E-state index in [0.29, 0.717) is 18.1 Å². The molecule has 0 bridgehead atoms. The summed E-state index contributed by atoms with van der Waals surface area (Å²) < 4.78 is 24.9. The van der Waals surface area contributed by atoms with Gasteiger partial charge in [-0.2, -0.15) is 5.26 Å². The molecule has 7 heteroatoms. The number of phenolic OH excluding ortho intramolecular Hbond substituents is 1. The first-order valence-corrected chi connectivity index (χ1v) is 11.6. The molecule has 1 saturated heterocycles. The van der Waals surface area contributed by atoms with Crippen LogP contribution in [0.15, 0.2) is 60.8 Å². The number of alkyl halides is 1. The first-order chi connectivity index (χ1) is 17.1. The molecule has 178 valence electrons. The minimum Gasteiger partial charge on any atom is -0.508 e. The Morgan fingerprint density at radius 2 is 1.97 bits per heavy atom. The lowest BCUT2D eigenvalue weighted by Gasteiger charge is -2.37. The Morgan fingerprint density at radius 1 is 1.17 bits per heavy atom. The summed E-state index contributed by atoms with van der Waals surface area (Å²) in [7, 11) is 0. The number of likely N-dealkylation sites (tertiary alicyclic amines) is 1. The molecule has 3 heterocycles. The van der Waals surface area contributed by atoms with Gasteiger partial charge in [0.05, 0.1) is 6.67 Å². The van der Waals surface area contributed by atoms with Crippen molar-refractivity contribution in [3.05, 3.63) is 83.2 Å². The van der Waals surface area contributed by atoms with Crippen molar-refractivity contribution < 1.29 is 19.0 Å². The van der Waals surface area contributed by atoms with Crippen molar-refractivity contribution in [1.82, 2.24) is 9.88 Å². The summed E-state index contributed by atoms with van der Waals surface area (Å²) in [6.07, 6.45) is 1.29. The summed E-state index contributed by atoms with van der Waals surface area (Å²) in [5.74, 6) is 1.80. The Morgan fingerprint density at radius 3 is 2.66 bits per heavy atom. The van der Waals surface area contributed by atoms with Crippen LogP contribution in [0.1, 0.15) is 35.4 Å². The second kappa shape index (κ2) is 9.77. The van der Waals surface area contributed by atoms with Crippen LogP contribution in [0.2, 0.25) is 0 Å². The fraction of sp³-hybridized carbons (Fsp3) is 0.286. The topological polar surface area (TPSA) is 78.6 Å². The van der Waals surface area contributed by atoms with E-state index in [2.05, 4.69) is 16.0 Å². The molecule has 35 heavy (non-hydrogen) atoms. The van der Waals surface area contributed by atoms with Crippen molar-refractivity contribution >= 4 is 11.1 Å². The third-order valence-corrected chi connectivity index (χ3v) is 6.58. The number of hydrogen-bond donors (Lipinski definition) is 1. The highest BCUT2D eigenvalue weighted by Crippen LogP contribution is 2.47. The van der Waals surface area contributed by atoms with E-state index in [1.165, 1.54) is 0 Å². The van der Waals surface area contributed by atoms with Crippen LogP contribution in [0.25, 0.3) is 11.1 Å². The number of aromatic nitrogens is 1. The summed E-state index contributed by atoms with van der Waals surface area (Å²) in [5, 5.41) is 19.2. The number of halogens is 1. The van der Waals surface area contributed by atoms with Gasteiger partial charge in [0.1, 0.15) is 41.7 Å². The maximum absolute atomic E-state index is 12.6. The lowest BCUT2D eigenvalue weighted by Crippen LogP contribution is -2.49. The molecular weight excluding hydrogens is 445 g/mol. The second-order valence-corrected chi connectivity index (χ2v) is 8.96. The molecule has 0 saturated carbocycles. The van der Waals surface area contributed by atoms with Crippen LogP contribution in [-0.2, 0) is 0 Å². The van der Waals surface area contributed by atoms with Gasteiger partial charge in [0.2, 0.25) is 0 Å². The molecule has 0 spiro atoms.